The van der Waals surface area contributed by atoms with Crippen molar-refractivity contribution in [2.24, 2.45) is 0 Å². The number of thioether (sulfide) groups is 1. The summed E-state index contributed by atoms with van der Waals surface area (Å²) < 4.78 is 7.67. The molecule has 0 spiro atoms. The fourth-order valence-electron chi connectivity index (χ4n) is 3.04. The molecule has 0 N–H and O–H groups in total. The number of aryl methyl sites for hydroxylation is 1. The van der Waals surface area contributed by atoms with Crippen molar-refractivity contribution < 1.29 is 4.74 Å². The maximum absolute atomic E-state index is 5.58. The second kappa shape index (κ2) is 9.39. The molecule has 0 amide bonds. The van der Waals surface area contributed by atoms with Crippen LogP contribution in [-0.4, -0.2) is 32.1 Å². The topological polar surface area (TPSA) is 52.8 Å². The van der Waals surface area contributed by atoms with Crippen LogP contribution in [0.2, 0.25) is 0 Å². The molecule has 146 valence electrons. The van der Waals surface area contributed by atoms with E-state index in [9.17, 15) is 0 Å². The van der Waals surface area contributed by atoms with Crippen molar-refractivity contribution in [2.45, 2.75) is 18.5 Å². The van der Waals surface area contributed by atoms with E-state index in [0.29, 0.717) is 6.61 Å². The monoisotopic (exact) mass is 402 g/mol. The molecule has 29 heavy (non-hydrogen) atoms. The molecule has 0 unspecified atom stereocenters. The first-order valence-corrected chi connectivity index (χ1v) is 10.6. The molecule has 2 heterocycles. The molecule has 0 saturated carbocycles. The van der Waals surface area contributed by atoms with E-state index in [-0.39, 0.29) is 0 Å². The summed E-state index contributed by atoms with van der Waals surface area (Å²) in [6.45, 7) is 2.63. The lowest BCUT2D eigenvalue weighted by atomic mass is 10.2. The summed E-state index contributed by atoms with van der Waals surface area (Å²) in [5.74, 6) is 2.56. The van der Waals surface area contributed by atoms with E-state index in [2.05, 4.69) is 44.0 Å². The van der Waals surface area contributed by atoms with Gasteiger partial charge in [-0.25, -0.2) is 0 Å². The van der Waals surface area contributed by atoms with Gasteiger partial charge in [0.05, 0.1) is 6.61 Å². The average molecular weight is 403 g/mol. The highest BCUT2D eigenvalue weighted by molar-refractivity contribution is 7.99. The highest BCUT2D eigenvalue weighted by Crippen LogP contribution is 2.29. The van der Waals surface area contributed by atoms with Crippen LogP contribution in [0.3, 0.4) is 0 Å². The molecule has 6 heteroatoms. The number of hydrogen-bond donors (Lipinski definition) is 0. The van der Waals surface area contributed by atoms with Gasteiger partial charge in [-0.2, -0.15) is 0 Å². The Labute approximate surface area is 174 Å². The van der Waals surface area contributed by atoms with E-state index in [1.54, 1.807) is 18.0 Å². The molecule has 0 radical (unpaired) electrons. The fraction of sp³-hybridized carbons (Fsp3) is 0.174. The molecule has 2 aromatic heterocycles. The zero-order chi connectivity index (χ0) is 19.9. The van der Waals surface area contributed by atoms with Crippen LogP contribution < -0.4 is 4.74 Å². The Kier molecular flexibility index (Phi) is 6.22. The number of ether oxygens (including phenoxy) is 1. The van der Waals surface area contributed by atoms with Gasteiger partial charge in [0.1, 0.15) is 5.75 Å². The number of pyridine rings is 1. The molecule has 0 bridgehead atoms. The lowest BCUT2D eigenvalue weighted by molar-refractivity contribution is 0.340. The molecule has 4 aromatic rings. The molecule has 4 rings (SSSR count). The van der Waals surface area contributed by atoms with Crippen molar-refractivity contribution in [3.8, 4) is 22.8 Å². The van der Waals surface area contributed by atoms with Gasteiger partial charge in [-0.05, 0) is 55.3 Å². The number of aromatic nitrogens is 4. The molecular weight excluding hydrogens is 380 g/mol. The number of nitrogens with zero attached hydrogens (tertiary/aromatic N) is 4. The van der Waals surface area contributed by atoms with E-state index < -0.39 is 0 Å². The Bertz CT molecular complexity index is 1030. The minimum Gasteiger partial charge on any atom is -0.494 e. The number of rotatable bonds is 8. The van der Waals surface area contributed by atoms with Crippen molar-refractivity contribution >= 4 is 11.8 Å². The van der Waals surface area contributed by atoms with Crippen molar-refractivity contribution in [3.63, 3.8) is 0 Å². The molecule has 2 aromatic carbocycles. The Hall–Kier alpha value is -3.12. The molecule has 0 atom stereocenters. The highest BCUT2D eigenvalue weighted by atomic mass is 32.2. The van der Waals surface area contributed by atoms with Crippen molar-refractivity contribution in [1.82, 2.24) is 19.7 Å². The van der Waals surface area contributed by atoms with Gasteiger partial charge in [0.15, 0.2) is 11.0 Å². The molecule has 0 saturated heterocycles. The SMILES string of the molecule is CCOc1ccc(-n2c(SCCc3ccccc3)nnc2-c2cccnc2)cc1. The van der Waals surface area contributed by atoms with E-state index in [1.807, 2.05) is 55.6 Å². The Morgan fingerprint density at radius 1 is 0.931 bits per heavy atom. The summed E-state index contributed by atoms with van der Waals surface area (Å²) in [6, 6.07) is 22.4. The fourth-order valence-corrected chi connectivity index (χ4v) is 3.98. The van der Waals surface area contributed by atoms with Gasteiger partial charge in [0, 0.05) is 29.4 Å². The minimum absolute atomic E-state index is 0.646. The van der Waals surface area contributed by atoms with Crippen molar-refractivity contribution in [1.29, 1.82) is 0 Å². The standard InChI is InChI=1S/C23H22N4OS/c1-2-28-21-12-10-20(11-13-21)27-22(19-9-6-15-24-17-19)25-26-23(27)29-16-14-18-7-4-3-5-8-18/h3-13,15,17H,2,14,16H2,1H3. The smallest absolute Gasteiger partial charge is 0.196 e. The summed E-state index contributed by atoms with van der Waals surface area (Å²) in [5, 5.41) is 9.81. The number of hydrogen-bond acceptors (Lipinski definition) is 5. The quantitative estimate of drug-likeness (QED) is 0.386. The second-order valence-electron chi connectivity index (χ2n) is 6.39. The summed E-state index contributed by atoms with van der Waals surface area (Å²) in [6.07, 6.45) is 4.55. The normalized spacial score (nSPS) is 10.8. The minimum atomic E-state index is 0.646. The number of benzene rings is 2. The van der Waals surface area contributed by atoms with Crippen LogP contribution in [0, 0.1) is 0 Å². The van der Waals surface area contributed by atoms with Gasteiger partial charge in [0.25, 0.3) is 0 Å². The largest absolute Gasteiger partial charge is 0.494 e. The third-order valence-corrected chi connectivity index (χ3v) is 5.35. The first-order valence-electron chi connectivity index (χ1n) is 9.61. The molecule has 0 aliphatic rings. The Morgan fingerprint density at radius 3 is 2.48 bits per heavy atom. The lowest BCUT2D eigenvalue weighted by Crippen LogP contribution is -2.01. The molecule has 5 nitrogen and oxygen atoms in total. The second-order valence-corrected chi connectivity index (χ2v) is 7.46. The van der Waals surface area contributed by atoms with E-state index in [0.717, 1.165) is 40.2 Å². The van der Waals surface area contributed by atoms with Gasteiger partial charge >= 0.3 is 0 Å². The third-order valence-electron chi connectivity index (χ3n) is 4.42. The van der Waals surface area contributed by atoms with E-state index in [4.69, 9.17) is 4.74 Å². The van der Waals surface area contributed by atoms with Gasteiger partial charge in [0.2, 0.25) is 0 Å². The third kappa shape index (κ3) is 4.66. The van der Waals surface area contributed by atoms with Crippen LogP contribution in [0.15, 0.2) is 84.3 Å². The zero-order valence-electron chi connectivity index (χ0n) is 16.2. The van der Waals surface area contributed by atoms with Crippen molar-refractivity contribution in [2.75, 3.05) is 12.4 Å². The predicted octanol–water partition coefficient (Wildman–Crippen LogP) is 5.06. The van der Waals surface area contributed by atoms with Crippen LogP contribution in [-0.2, 0) is 6.42 Å². The summed E-state index contributed by atoms with van der Waals surface area (Å²) in [5.41, 5.74) is 3.25. The highest BCUT2D eigenvalue weighted by Gasteiger charge is 2.16. The van der Waals surface area contributed by atoms with Gasteiger partial charge in [-0.15, -0.1) is 10.2 Å². The van der Waals surface area contributed by atoms with Crippen LogP contribution in [0.25, 0.3) is 17.1 Å². The molecule has 0 aliphatic carbocycles. The molecule has 0 aliphatic heterocycles. The Balaban J connectivity index is 1.63. The maximum atomic E-state index is 5.58. The van der Waals surface area contributed by atoms with Crippen LogP contribution >= 0.6 is 11.8 Å². The first-order chi connectivity index (χ1) is 14.3. The summed E-state index contributed by atoms with van der Waals surface area (Å²) in [7, 11) is 0. The van der Waals surface area contributed by atoms with Crippen LogP contribution in [0.4, 0.5) is 0 Å². The summed E-state index contributed by atoms with van der Waals surface area (Å²) >= 11 is 1.70. The van der Waals surface area contributed by atoms with Gasteiger partial charge < -0.3 is 4.74 Å². The predicted molar refractivity (Wildman–Crippen MR) is 117 cm³/mol. The van der Waals surface area contributed by atoms with Gasteiger partial charge in [-0.3, -0.25) is 9.55 Å². The maximum Gasteiger partial charge on any atom is 0.196 e. The average Bonchev–Trinajstić information content (AvgIpc) is 3.20. The molecule has 0 fully saturated rings. The lowest BCUT2D eigenvalue weighted by Gasteiger charge is -2.11. The van der Waals surface area contributed by atoms with E-state index in [1.165, 1.54) is 5.56 Å². The Morgan fingerprint density at radius 2 is 1.76 bits per heavy atom. The van der Waals surface area contributed by atoms with Crippen molar-refractivity contribution in [3.05, 3.63) is 84.7 Å². The van der Waals surface area contributed by atoms with Crippen LogP contribution in [0.5, 0.6) is 5.75 Å². The van der Waals surface area contributed by atoms with Gasteiger partial charge in [-0.1, -0.05) is 42.1 Å². The summed E-state index contributed by atoms with van der Waals surface area (Å²) in [4.78, 5) is 4.24. The first kappa shape index (κ1) is 19.2. The van der Waals surface area contributed by atoms with Crippen LogP contribution in [0.1, 0.15) is 12.5 Å². The van der Waals surface area contributed by atoms with E-state index >= 15 is 0 Å². The molecular formula is C23H22N4OS. The zero-order valence-corrected chi connectivity index (χ0v) is 17.0.